The third kappa shape index (κ3) is 5.70. The molecule has 0 atom stereocenters. The maximum absolute atomic E-state index is 13.1. The van der Waals surface area contributed by atoms with Crippen LogP contribution in [0.5, 0.6) is 0 Å². The highest BCUT2D eigenvalue weighted by Crippen LogP contribution is 2.28. The van der Waals surface area contributed by atoms with Gasteiger partial charge in [-0.1, -0.05) is 47.5 Å². The summed E-state index contributed by atoms with van der Waals surface area (Å²) in [5.74, 6) is 0.186. The van der Waals surface area contributed by atoms with E-state index < -0.39 is 0 Å². The first kappa shape index (κ1) is 19.7. The summed E-state index contributed by atoms with van der Waals surface area (Å²) in [6.07, 6.45) is 1.83. The second-order valence-electron chi connectivity index (χ2n) is 5.81. The average molecular weight is 417 g/mol. The fraction of sp³-hybridized carbons (Fsp3) is 0.0455. The Bertz CT molecular complexity index is 949. The number of halogens is 3. The fourth-order valence-electron chi connectivity index (χ4n) is 2.37. The number of carbonyl (C=O) groups excluding carboxylic acids is 1. The van der Waals surface area contributed by atoms with E-state index in [4.69, 9.17) is 23.2 Å². The Balaban J connectivity index is 1.87. The van der Waals surface area contributed by atoms with E-state index in [1.165, 1.54) is 23.9 Å². The van der Waals surface area contributed by atoms with Crippen molar-refractivity contribution in [2.24, 2.45) is 0 Å². The van der Waals surface area contributed by atoms with E-state index in [-0.39, 0.29) is 11.6 Å². The molecule has 0 bridgehead atoms. The maximum atomic E-state index is 13.1. The zero-order valence-electron chi connectivity index (χ0n) is 14.2. The minimum absolute atomic E-state index is 0.0891. The zero-order valence-corrected chi connectivity index (χ0v) is 16.5. The standard InChI is InChI=1S/C22H15Cl2FOS/c23-18-7-1-15(2-8-18)13-21(22(26)17-5-9-19(24)10-6-17)27-14-16-3-11-20(25)12-4-16/h1-13H,14H2. The Kier molecular flexibility index (Phi) is 6.73. The molecule has 3 aromatic rings. The molecule has 0 saturated carbocycles. The predicted octanol–water partition coefficient (Wildman–Crippen LogP) is 7.29. The molecule has 0 N–H and O–H groups in total. The number of thioether (sulfide) groups is 1. The summed E-state index contributed by atoms with van der Waals surface area (Å²) >= 11 is 13.3. The number of carbonyl (C=O) groups is 1. The second kappa shape index (κ2) is 9.23. The van der Waals surface area contributed by atoms with E-state index in [0.717, 1.165) is 11.1 Å². The van der Waals surface area contributed by atoms with Gasteiger partial charge in [0.05, 0.1) is 4.91 Å². The lowest BCUT2D eigenvalue weighted by Gasteiger charge is -2.08. The number of Topliss-reactive ketones (excluding diaryl/α,β-unsaturated/α-hetero) is 1. The van der Waals surface area contributed by atoms with Crippen molar-refractivity contribution in [3.63, 3.8) is 0 Å². The number of allylic oxidation sites excluding steroid dienone is 1. The van der Waals surface area contributed by atoms with Crippen molar-refractivity contribution in [2.75, 3.05) is 0 Å². The topological polar surface area (TPSA) is 17.1 Å². The van der Waals surface area contributed by atoms with Crippen LogP contribution in [0.4, 0.5) is 4.39 Å². The summed E-state index contributed by atoms with van der Waals surface area (Å²) in [5.41, 5.74) is 2.38. The normalized spacial score (nSPS) is 11.4. The van der Waals surface area contributed by atoms with Gasteiger partial charge in [0.25, 0.3) is 0 Å². The molecule has 0 heterocycles. The van der Waals surface area contributed by atoms with E-state index >= 15 is 0 Å². The third-order valence-electron chi connectivity index (χ3n) is 3.81. The van der Waals surface area contributed by atoms with Gasteiger partial charge < -0.3 is 0 Å². The van der Waals surface area contributed by atoms with Crippen LogP contribution >= 0.6 is 35.0 Å². The molecule has 0 aliphatic heterocycles. The van der Waals surface area contributed by atoms with Gasteiger partial charge in [-0.15, -0.1) is 11.8 Å². The average Bonchev–Trinajstić information content (AvgIpc) is 2.68. The number of hydrogen-bond donors (Lipinski definition) is 0. The van der Waals surface area contributed by atoms with E-state index in [1.54, 1.807) is 48.5 Å². The lowest BCUT2D eigenvalue weighted by atomic mass is 10.1. The van der Waals surface area contributed by atoms with Crippen LogP contribution < -0.4 is 0 Å². The molecule has 0 aliphatic rings. The van der Waals surface area contributed by atoms with Gasteiger partial charge in [-0.3, -0.25) is 4.79 Å². The molecule has 3 rings (SSSR count). The van der Waals surface area contributed by atoms with Crippen molar-refractivity contribution >= 4 is 46.8 Å². The smallest absolute Gasteiger partial charge is 0.199 e. The van der Waals surface area contributed by atoms with Gasteiger partial charge in [0.1, 0.15) is 5.82 Å². The summed E-state index contributed by atoms with van der Waals surface area (Å²) in [6.45, 7) is 0. The Morgan fingerprint density at radius 2 is 1.41 bits per heavy atom. The molecule has 0 aliphatic carbocycles. The SMILES string of the molecule is O=C(C(=Cc1ccc(Cl)cc1)SCc1ccc(F)cc1)c1ccc(Cl)cc1. The van der Waals surface area contributed by atoms with E-state index in [9.17, 15) is 9.18 Å². The Hall–Kier alpha value is -2.07. The van der Waals surface area contributed by atoms with E-state index in [1.807, 2.05) is 18.2 Å². The van der Waals surface area contributed by atoms with E-state index in [2.05, 4.69) is 0 Å². The Morgan fingerprint density at radius 3 is 2.00 bits per heavy atom. The van der Waals surface area contributed by atoms with Crippen molar-refractivity contribution < 1.29 is 9.18 Å². The molecule has 0 amide bonds. The first-order chi connectivity index (χ1) is 13.0. The summed E-state index contributed by atoms with van der Waals surface area (Å²) < 4.78 is 13.1. The lowest BCUT2D eigenvalue weighted by molar-refractivity contribution is 0.104. The van der Waals surface area contributed by atoms with Gasteiger partial charge in [0.2, 0.25) is 0 Å². The Labute approximate surface area is 171 Å². The van der Waals surface area contributed by atoms with Gasteiger partial charge in [0.15, 0.2) is 5.78 Å². The first-order valence-electron chi connectivity index (χ1n) is 8.16. The molecule has 5 heteroatoms. The molecule has 136 valence electrons. The molecule has 0 spiro atoms. The van der Waals surface area contributed by atoms with Crippen LogP contribution in [0, 0.1) is 5.82 Å². The molecular weight excluding hydrogens is 402 g/mol. The van der Waals surface area contributed by atoms with Crippen molar-refractivity contribution in [2.45, 2.75) is 5.75 Å². The minimum atomic E-state index is -0.280. The molecule has 0 saturated heterocycles. The van der Waals surface area contributed by atoms with Crippen molar-refractivity contribution in [3.8, 4) is 0 Å². The first-order valence-corrected chi connectivity index (χ1v) is 9.90. The molecule has 0 radical (unpaired) electrons. The third-order valence-corrected chi connectivity index (χ3v) is 5.40. The monoisotopic (exact) mass is 416 g/mol. The summed E-state index contributed by atoms with van der Waals surface area (Å²) in [7, 11) is 0. The maximum Gasteiger partial charge on any atom is 0.199 e. The van der Waals surface area contributed by atoms with Crippen LogP contribution in [0.1, 0.15) is 21.5 Å². The van der Waals surface area contributed by atoms with Gasteiger partial charge in [-0.05, 0) is 65.7 Å². The van der Waals surface area contributed by atoms with Gasteiger partial charge >= 0.3 is 0 Å². The van der Waals surface area contributed by atoms with E-state index in [0.29, 0.717) is 26.3 Å². The van der Waals surface area contributed by atoms with Crippen LogP contribution in [0.3, 0.4) is 0 Å². The lowest BCUT2D eigenvalue weighted by Crippen LogP contribution is -2.01. The highest BCUT2D eigenvalue weighted by atomic mass is 35.5. The summed E-state index contributed by atoms with van der Waals surface area (Å²) in [4.78, 5) is 13.6. The quantitative estimate of drug-likeness (QED) is 0.309. The molecular formula is C22H15Cl2FOS. The highest BCUT2D eigenvalue weighted by molar-refractivity contribution is 8.03. The van der Waals surface area contributed by atoms with Gasteiger partial charge in [0, 0.05) is 21.4 Å². The number of benzene rings is 3. The molecule has 1 nitrogen and oxygen atoms in total. The van der Waals surface area contributed by atoms with Crippen LogP contribution in [-0.2, 0) is 5.75 Å². The van der Waals surface area contributed by atoms with Crippen LogP contribution in [0.15, 0.2) is 77.7 Å². The summed E-state index contributed by atoms with van der Waals surface area (Å²) in [6, 6.07) is 20.3. The molecule has 3 aromatic carbocycles. The van der Waals surface area contributed by atoms with Crippen molar-refractivity contribution in [3.05, 3.63) is 110 Å². The molecule has 0 unspecified atom stereocenters. The highest BCUT2D eigenvalue weighted by Gasteiger charge is 2.14. The minimum Gasteiger partial charge on any atom is -0.288 e. The van der Waals surface area contributed by atoms with Crippen molar-refractivity contribution in [1.29, 1.82) is 0 Å². The Morgan fingerprint density at radius 1 is 0.852 bits per heavy atom. The predicted molar refractivity (Wildman–Crippen MR) is 113 cm³/mol. The number of ketones is 1. The largest absolute Gasteiger partial charge is 0.288 e. The molecule has 0 fully saturated rings. The van der Waals surface area contributed by atoms with Crippen LogP contribution in [0.25, 0.3) is 6.08 Å². The van der Waals surface area contributed by atoms with Crippen molar-refractivity contribution in [1.82, 2.24) is 0 Å². The van der Waals surface area contributed by atoms with Gasteiger partial charge in [-0.25, -0.2) is 4.39 Å². The van der Waals surface area contributed by atoms with Crippen LogP contribution in [0.2, 0.25) is 10.0 Å². The number of rotatable bonds is 6. The van der Waals surface area contributed by atoms with Crippen LogP contribution in [-0.4, -0.2) is 5.78 Å². The zero-order chi connectivity index (χ0) is 19.2. The molecule has 27 heavy (non-hydrogen) atoms. The fourth-order valence-corrected chi connectivity index (χ4v) is 3.60. The number of hydrogen-bond acceptors (Lipinski definition) is 2. The molecule has 0 aromatic heterocycles. The second-order valence-corrected chi connectivity index (χ2v) is 7.70. The summed E-state index contributed by atoms with van der Waals surface area (Å²) in [5, 5.41) is 1.21. The van der Waals surface area contributed by atoms with Gasteiger partial charge in [-0.2, -0.15) is 0 Å².